The maximum absolute atomic E-state index is 13.7. The van der Waals surface area contributed by atoms with Crippen molar-refractivity contribution in [3.8, 4) is 0 Å². The van der Waals surface area contributed by atoms with Crippen LogP contribution in [0.4, 0.5) is 8.78 Å². The Kier molecular flexibility index (Phi) is 4.76. The molecule has 0 heterocycles. The van der Waals surface area contributed by atoms with Crippen LogP contribution in [0.5, 0.6) is 0 Å². The fourth-order valence-electron chi connectivity index (χ4n) is 2.78. The summed E-state index contributed by atoms with van der Waals surface area (Å²) < 4.78 is 26.6. The number of halogens is 2. The molecule has 1 aromatic carbocycles. The van der Waals surface area contributed by atoms with Gasteiger partial charge in [-0.05, 0) is 44.6 Å². The number of benzene rings is 1. The molecule has 0 aromatic heterocycles. The van der Waals surface area contributed by atoms with Gasteiger partial charge < -0.3 is 10.4 Å². The second-order valence-electron chi connectivity index (χ2n) is 6.18. The molecule has 2 rings (SSSR count). The van der Waals surface area contributed by atoms with Gasteiger partial charge in [0.1, 0.15) is 11.6 Å². The Balaban J connectivity index is 1.93. The first-order valence-corrected chi connectivity index (χ1v) is 7.30. The molecule has 2 N–H and O–H groups in total. The molecule has 20 heavy (non-hydrogen) atoms. The third-order valence-electron chi connectivity index (χ3n) is 4.37. The number of rotatable bonds is 4. The van der Waals surface area contributed by atoms with E-state index in [9.17, 15) is 13.9 Å². The third-order valence-corrected chi connectivity index (χ3v) is 4.37. The predicted octanol–water partition coefficient (Wildman–Crippen LogP) is 3.56. The fourth-order valence-corrected chi connectivity index (χ4v) is 2.78. The van der Waals surface area contributed by atoms with Gasteiger partial charge in [0.05, 0.1) is 5.60 Å². The largest absolute Gasteiger partial charge is 0.389 e. The standard InChI is InChI=1S/C16H23F2NO/c1-11-5-7-16(20,8-6-11)10-19-12(2)14-4-3-13(17)9-15(14)18/h3-4,9,11-12,19-20H,5-8,10H2,1-2H3. The lowest BCUT2D eigenvalue weighted by atomic mass is 9.79. The molecule has 0 bridgehead atoms. The molecule has 2 nitrogen and oxygen atoms in total. The maximum atomic E-state index is 13.7. The number of aliphatic hydroxyl groups is 1. The van der Waals surface area contributed by atoms with Gasteiger partial charge in [-0.1, -0.05) is 13.0 Å². The van der Waals surface area contributed by atoms with E-state index in [0.717, 1.165) is 31.7 Å². The molecule has 1 aliphatic carbocycles. The van der Waals surface area contributed by atoms with Crippen LogP contribution in [0.1, 0.15) is 51.1 Å². The quantitative estimate of drug-likeness (QED) is 0.885. The normalized spacial score (nSPS) is 28.4. The zero-order chi connectivity index (χ0) is 14.8. The minimum absolute atomic E-state index is 0.251. The summed E-state index contributed by atoms with van der Waals surface area (Å²) in [4.78, 5) is 0. The van der Waals surface area contributed by atoms with E-state index < -0.39 is 17.2 Å². The van der Waals surface area contributed by atoms with Gasteiger partial charge in [0.15, 0.2) is 0 Å². The van der Waals surface area contributed by atoms with Crippen molar-refractivity contribution in [3.05, 3.63) is 35.4 Å². The van der Waals surface area contributed by atoms with Crippen molar-refractivity contribution >= 4 is 0 Å². The van der Waals surface area contributed by atoms with Crippen molar-refractivity contribution in [2.45, 2.75) is 51.2 Å². The van der Waals surface area contributed by atoms with E-state index in [2.05, 4.69) is 12.2 Å². The molecule has 1 aromatic rings. The second kappa shape index (κ2) is 6.19. The first-order valence-electron chi connectivity index (χ1n) is 7.30. The third kappa shape index (κ3) is 3.76. The molecule has 1 aliphatic rings. The van der Waals surface area contributed by atoms with Crippen LogP contribution in [-0.2, 0) is 0 Å². The minimum atomic E-state index is -0.697. The molecule has 0 amide bonds. The van der Waals surface area contributed by atoms with E-state index in [4.69, 9.17) is 0 Å². The molecular formula is C16H23F2NO. The molecule has 0 saturated heterocycles. The Hall–Kier alpha value is -1.00. The topological polar surface area (TPSA) is 32.3 Å². The van der Waals surface area contributed by atoms with Crippen LogP contribution in [0.25, 0.3) is 0 Å². The number of hydrogen-bond donors (Lipinski definition) is 2. The maximum Gasteiger partial charge on any atom is 0.130 e. The van der Waals surface area contributed by atoms with Gasteiger partial charge in [0, 0.05) is 24.2 Å². The Morgan fingerprint density at radius 2 is 2.00 bits per heavy atom. The van der Waals surface area contributed by atoms with Crippen molar-refractivity contribution in [1.29, 1.82) is 0 Å². The van der Waals surface area contributed by atoms with Crippen LogP contribution >= 0.6 is 0 Å². The molecule has 4 heteroatoms. The molecule has 1 saturated carbocycles. The van der Waals surface area contributed by atoms with Gasteiger partial charge in [0.2, 0.25) is 0 Å². The highest BCUT2D eigenvalue weighted by molar-refractivity contribution is 5.21. The van der Waals surface area contributed by atoms with E-state index in [1.165, 1.54) is 12.1 Å². The zero-order valence-electron chi connectivity index (χ0n) is 12.1. The molecule has 1 atom stereocenters. The molecule has 1 fully saturated rings. The monoisotopic (exact) mass is 283 g/mol. The summed E-state index contributed by atoms with van der Waals surface area (Å²) in [6, 6.07) is 3.35. The van der Waals surface area contributed by atoms with Crippen molar-refractivity contribution in [1.82, 2.24) is 5.32 Å². The van der Waals surface area contributed by atoms with Gasteiger partial charge in [0.25, 0.3) is 0 Å². The van der Waals surface area contributed by atoms with Crippen LogP contribution in [0, 0.1) is 17.6 Å². The highest BCUT2D eigenvalue weighted by Gasteiger charge is 2.32. The predicted molar refractivity (Wildman–Crippen MR) is 75.4 cm³/mol. The van der Waals surface area contributed by atoms with Crippen LogP contribution in [-0.4, -0.2) is 17.3 Å². The summed E-state index contributed by atoms with van der Waals surface area (Å²) >= 11 is 0. The van der Waals surface area contributed by atoms with Gasteiger partial charge >= 0.3 is 0 Å². The Labute approximate surface area is 119 Å². The first-order chi connectivity index (χ1) is 9.39. The Morgan fingerprint density at radius 3 is 2.60 bits per heavy atom. The van der Waals surface area contributed by atoms with Gasteiger partial charge in [-0.3, -0.25) is 0 Å². The van der Waals surface area contributed by atoms with Crippen LogP contribution in [0.2, 0.25) is 0 Å². The lowest BCUT2D eigenvalue weighted by Crippen LogP contribution is -2.44. The van der Waals surface area contributed by atoms with Crippen LogP contribution in [0.15, 0.2) is 18.2 Å². The van der Waals surface area contributed by atoms with E-state index in [1.807, 2.05) is 6.92 Å². The van der Waals surface area contributed by atoms with Crippen molar-refractivity contribution in [2.24, 2.45) is 5.92 Å². The average Bonchev–Trinajstić information content (AvgIpc) is 2.40. The van der Waals surface area contributed by atoms with E-state index in [0.29, 0.717) is 18.0 Å². The average molecular weight is 283 g/mol. The molecule has 0 aliphatic heterocycles. The zero-order valence-corrected chi connectivity index (χ0v) is 12.1. The van der Waals surface area contributed by atoms with Gasteiger partial charge in [-0.2, -0.15) is 0 Å². The van der Waals surface area contributed by atoms with Crippen molar-refractivity contribution < 1.29 is 13.9 Å². The second-order valence-corrected chi connectivity index (χ2v) is 6.18. The van der Waals surface area contributed by atoms with Crippen LogP contribution in [0.3, 0.4) is 0 Å². The summed E-state index contributed by atoms with van der Waals surface area (Å²) in [5.41, 5.74) is -0.267. The highest BCUT2D eigenvalue weighted by Crippen LogP contribution is 2.31. The summed E-state index contributed by atoms with van der Waals surface area (Å²) in [6.45, 7) is 4.46. The SMILES string of the molecule is CC1CCC(O)(CNC(C)c2ccc(F)cc2F)CC1. The van der Waals surface area contributed by atoms with Gasteiger partial charge in [-0.15, -0.1) is 0 Å². The summed E-state index contributed by atoms with van der Waals surface area (Å²) in [5.74, 6) is -0.449. The molecule has 0 radical (unpaired) electrons. The smallest absolute Gasteiger partial charge is 0.130 e. The van der Waals surface area contributed by atoms with Crippen molar-refractivity contribution in [2.75, 3.05) is 6.54 Å². The molecule has 112 valence electrons. The minimum Gasteiger partial charge on any atom is -0.389 e. The molecule has 0 spiro atoms. The number of hydrogen-bond acceptors (Lipinski definition) is 2. The molecular weight excluding hydrogens is 260 g/mol. The lowest BCUT2D eigenvalue weighted by molar-refractivity contribution is -0.00791. The highest BCUT2D eigenvalue weighted by atomic mass is 19.1. The summed E-state index contributed by atoms with van der Waals surface area (Å²) in [7, 11) is 0. The van der Waals surface area contributed by atoms with E-state index in [1.54, 1.807) is 0 Å². The Bertz CT molecular complexity index is 456. The fraction of sp³-hybridized carbons (Fsp3) is 0.625. The molecule has 1 unspecified atom stereocenters. The van der Waals surface area contributed by atoms with E-state index >= 15 is 0 Å². The Morgan fingerprint density at radius 1 is 1.35 bits per heavy atom. The number of nitrogens with one attached hydrogen (secondary N) is 1. The summed E-state index contributed by atoms with van der Waals surface area (Å²) in [6.07, 6.45) is 3.61. The van der Waals surface area contributed by atoms with Crippen LogP contribution < -0.4 is 5.32 Å². The van der Waals surface area contributed by atoms with E-state index in [-0.39, 0.29) is 6.04 Å². The first kappa shape index (κ1) is 15.4. The summed E-state index contributed by atoms with van der Waals surface area (Å²) in [5, 5.41) is 13.7. The lowest BCUT2D eigenvalue weighted by Gasteiger charge is -2.36. The van der Waals surface area contributed by atoms with Crippen molar-refractivity contribution in [3.63, 3.8) is 0 Å². The van der Waals surface area contributed by atoms with Gasteiger partial charge in [-0.25, -0.2) is 8.78 Å².